The van der Waals surface area contributed by atoms with Gasteiger partial charge in [0.1, 0.15) is 0 Å². The van der Waals surface area contributed by atoms with Crippen LogP contribution in [0.2, 0.25) is 10.0 Å². The first-order valence-electron chi connectivity index (χ1n) is 8.66. The van der Waals surface area contributed by atoms with Gasteiger partial charge >= 0.3 is 0 Å². The van der Waals surface area contributed by atoms with Crippen LogP contribution in [0, 0.1) is 0 Å². The summed E-state index contributed by atoms with van der Waals surface area (Å²) in [5.41, 5.74) is 0.244. The van der Waals surface area contributed by atoms with E-state index in [4.69, 9.17) is 23.2 Å². The second kappa shape index (κ2) is 7.62. The lowest BCUT2D eigenvalue weighted by Gasteiger charge is -2.12. The van der Waals surface area contributed by atoms with Gasteiger partial charge in [0, 0.05) is 15.6 Å². The Morgan fingerprint density at radius 1 is 0.724 bits per heavy atom. The molecular formula is C22H14Cl2N2O3. The molecule has 0 spiro atoms. The zero-order chi connectivity index (χ0) is 20.5. The summed E-state index contributed by atoms with van der Waals surface area (Å²) >= 11 is 11.9. The van der Waals surface area contributed by atoms with Gasteiger partial charge in [-0.15, -0.1) is 0 Å². The van der Waals surface area contributed by atoms with Crippen LogP contribution in [0.3, 0.4) is 0 Å². The van der Waals surface area contributed by atoms with Crippen molar-refractivity contribution in [1.82, 2.24) is 9.36 Å². The third kappa shape index (κ3) is 3.46. The molecule has 1 heterocycles. The van der Waals surface area contributed by atoms with E-state index in [1.54, 1.807) is 78.9 Å². The summed E-state index contributed by atoms with van der Waals surface area (Å²) in [5, 5.41) is 11.9. The molecule has 0 amide bonds. The second-order valence-electron chi connectivity index (χ2n) is 6.28. The predicted octanol–water partition coefficient (Wildman–Crippen LogP) is 4.87. The number of carbonyl (C=O) groups excluding carboxylic acids is 1. The Morgan fingerprint density at radius 2 is 1.21 bits per heavy atom. The monoisotopic (exact) mass is 424 g/mol. The van der Waals surface area contributed by atoms with Gasteiger partial charge < -0.3 is 5.11 Å². The van der Waals surface area contributed by atoms with Gasteiger partial charge in [0.25, 0.3) is 5.56 Å². The summed E-state index contributed by atoms with van der Waals surface area (Å²) in [5.74, 6) is -1.02. The van der Waals surface area contributed by atoms with Crippen LogP contribution in [0.15, 0.2) is 83.7 Å². The highest BCUT2D eigenvalue weighted by molar-refractivity contribution is 6.30. The summed E-state index contributed by atoms with van der Waals surface area (Å²) in [7, 11) is 0. The average Bonchev–Trinajstić information content (AvgIpc) is 2.99. The molecular weight excluding hydrogens is 411 g/mol. The third-order valence-electron chi connectivity index (χ3n) is 4.44. The Kier molecular flexibility index (Phi) is 5.01. The molecule has 0 aliphatic rings. The van der Waals surface area contributed by atoms with Gasteiger partial charge in [-0.1, -0.05) is 53.5 Å². The molecule has 7 heteroatoms. The SMILES string of the molecule is O=C(c1ccccc1)c1c(O)n(-c2ccc(Cl)cc2)n(-c2ccc(Cl)cc2)c1=O. The Balaban J connectivity index is 2.00. The summed E-state index contributed by atoms with van der Waals surface area (Å²) < 4.78 is 2.50. The van der Waals surface area contributed by atoms with Crippen molar-refractivity contribution in [3.05, 3.63) is 110 Å². The van der Waals surface area contributed by atoms with Gasteiger partial charge in [-0.05, 0) is 48.5 Å². The summed E-state index contributed by atoms with van der Waals surface area (Å²) in [6.07, 6.45) is 0. The number of aromatic nitrogens is 2. The predicted molar refractivity (Wildman–Crippen MR) is 113 cm³/mol. The number of aromatic hydroxyl groups is 1. The molecule has 0 unspecified atom stereocenters. The Morgan fingerprint density at radius 3 is 1.72 bits per heavy atom. The van der Waals surface area contributed by atoms with E-state index in [2.05, 4.69) is 0 Å². The van der Waals surface area contributed by atoms with Gasteiger partial charge in [-0.3, -0.25) is 9.59 Å². The van der Waals surface area contributed by atoms with E-state index in [1.165, 1.54) is 9.36 Å². The van der Waals surface area contributed by atoms with Gasteiger partial charge in [-0.2, -0.15) is 0 Å². The van der Waals surface area contributed by atoms with E-state index < -0.39 is 17.2 Å². The quantitative estimate of drug-likeness (QED) is 0.475. The van der Waals surface area contributed by atoms with Crippen molar-refractivity contribution in [2.45, 2.75) is 0 Å². The van der Waals surface area contributed by atoms with Crippen molar-refractivity contribution in [2.24, 2.45) is 0 Å². The van der Waals surface area contributed by atoms with E-state index in [9.17, 15) is 14.7 Å². The first kappa shape index (κ1) is 19.1. The standard InChI is InChI=1S/C22H14Cl2N2O3/c23-15-6-10-17(11-7-15)25-21(28)19(20(27)14-4-2-1-3-5-14)22(29)26(25)18-12-8-16(24)9-13-18/h1-13,28H. The first-order chi connectivity index (χ1) is 14.0. The number of hydrogen-bond acceptors (Lipinski definition) is 3. The van der Waals surface area contributed by atoms with E-state index in [1.807, 2.05) is 0 Å². The normalized spacial score (nSPS) is 10.8. The van der Waals surface area contributed by atoms with Crippen LogP contribution in [0.1, 0.15) is 15.9 Å². The van der Waals surface area contributed by atoms with Crippen molar-refractivity contribution in [2.75, 3.05) is 0 Å². The minimum Gasteiger partial charge on any atom is -0.493 e. The van der Waals surface area contributed by atoms with Crippen molar-refractivity contribution >= 4 is 29.0 Å². The lowest BCUT2D eigenvalue weighted by Crippen LogP contribution is -2.23. The fraction of sp³-hybridized carbons (Fsp3) is 0. The molecule has 0 saturated heterocycles. The Hall–Kier alpha value is -3.28. The smallest absolute Gasteiger partial charge is 0.287 e. The molecule has 1 aromatic heterocycles. The maximum absolute atomic E-state index is 13.3. The highest BCUT2D eigenvalue weighted by atomic mass is 35.5. The van der Waals surface area contributed by atoms with E-state index in [0.717, 1.165) is 0 Å². The van der Waals surface area contributed by atoms with E-state index in [0.29, 0.717) is 27.0 Å². The zero-order valence-electron chi connectivity index (χ0n) is 14.9. The largest absolute Gasteiger partial charge is 0.493 e. The lowest BCUT2D eigenvalue weighted by atomic mass is 10.1. The highest BCUT2D eigenvalue weighted by Crippen LogP contribution is 2.26. The summed E-state index contributed by atoms with van der Waals surface area (Å²) in [6.45, 7) is 0. The molecule has 0 fully saturated rings. The minimum absolute atomic E-state index is 0.302. The van der Waals surface area contributed by atoms with Crippen LogP contribution < -0.4 is 5.56 Å². The topological polar surface area (TPSA) is 64.2 Å². The molecule has 144 valence electrons. The molecule has 0 atom stereocenters. The maximum Gasteiger partial charge on any atom is 0.287 e. The lowest BCUT2D eigenvalue weighted by molar-refractivity contribution is 0.103. The zero-order valence-corrected chi connectivity index (χ0v) is 16.4. The fourth-order valence-corrected chi connectivity index (χ4v) is 3.31. The number of nitrogens with zero attached hydrogens (tertiary/aromatic N) is 2. The molecule has 3 aromatic carbocycles. The van der Waals surface area contributed by atoms with Crippen LogP contribution in [-0.2, 0) is 0 Å². The highest BCUT2D eigenvalue weighted by Gasteiger charge is 2.27. The molecule has 4 aromatic rings. The van der Waals surface area contributed by atoms with Crippen LogP contribution in [0.4, 0.5) is 0 Å². The Bertz CT molecular complexity index is 1240. The fourth-order valence-electron chi connectivity index (χ4n) is 3.06. The van der Waals surface area contributed by atoms with Crippen LogP contribution >= 0.6 is 23.2 Å². The van der Waals surface area contributed by atoms with E-state index in [-0.39, 0.29) is 5.56 Å². The van der Waals surface area contributed by atoms with Gasteiger partial charge in [-0.25, -0.2) is 9.36 Å². The van der Waals surface area contributed by atoms with E-state index >= 15 is 0 Å². The van der Waals surface area contributed by atoms with Crippen molar-refractivity contribution in [3.63, 3.8) is 0 Å². The molecule has 1 N–H and O–H groups in total. The summed E-state index contributed by atoms with van der Waals surface area (Å²) in [4.78, 5) is 26.2. The molecule has 4 rings (SSSR count). The van der Waals surface area contributed by atoms with Crippen molar-refractivity contribution < 1.29 is 9.90 Å². The molecule has 0 bridgehead atoms. The molecule has 0 saturated carbocycles. The molecule has 0 aliphatic carbocycles. The average molecular weight is 425 g/mol. The number of ketones is 1. The number of carbonyl (C=O) groups is 1. The molecule has 5 nitrogen and oxygen atoms in total. The van der Waals surface area contributed by atoms with Gasteiger partial charge in [0.2, 0.25) is 11.7 Å². The van der Waals surface area contributed by atoms with Gasteiger partial charge in [0.15, 0.2) is 5.56 Å². The van der Waals surface area contributed by atoms with Crippen molar-refractivity contribution in [1.29, 1.82) is 0 Å². The number of halogens is 2. The van der Waals surface area contributed by atoms with Crippen LogP contribution in [0.5, 0.6) is 5.88 Å². The Labute approximate surface area is 176 Å². The second-order valence-corrected chi connectivity index (χ2v) is 7.15. The van der Waals surface area contributed by atoms with Crippen LogP contribution in [0.25, 0.3) is 11.4 Å². The third-order valence-corrected chi connectivity index (χ3v) is 4.94. The molecule has 0 aliphatic heterocycles. The van der Waals surface area contributed by atoms with Gasteiger partial charge in [0.05, 0.1) is 11.4 Å². The number of hydrogen-bond donors (Lipinski definition) is 1. The van der Waals surface area contributed by atoms with Crippen LogP contribution in [-0.4, -0.2) is 20.3 Å². The maximum atomic E-state index is 13.3. The molecule has 29 heavy (non-hydrogen) atoms. The number of rotatable bonds is 4. The van der Waals surface area contributed by atoms with Crippen molar-refractivity contribution in [3.8, 4) is 17.3 Å². The first-order valence-corrected chi connectivity index (χ1v) is 9.41. The minimum atomic E-state index is -0.645. The molecule has 0 radical (unpaired) electrons. The summed E-state index contributed by atoms with van der Waals surface area (Å²) in [6, 6.07) is 21.4. The number of benzene rings is 3.